The van der Waals surface area contributed by atoms with Gasteiger partial charge in [-0.05, 0) is 32.1 Å². The molecular formula is C11H16N4. The average Bonchev–Trinajstić information content (AvgIpc) is 2.95. The van der Waals surface area contributed by atoms with Crippen LogP contribution in [-0.2, 0) is 12.8 Å². The van der Waals surface area contributed by atoms with Crippen LogP contribution < -0.4 is 11.1 Å². The standard InChI is InChI=1S/C11H16N4/c12-8-5-10(8)15-11-7-3-1-2-4-9(7)13-6-14-11/h6,8,10H,1-5,12H2,(H,13,14,15). The zero-order chi connectivity index (χ0) is 10.3. The Balaban J connectivity index is 1.86. The number of hydrogen-bond donors (Lipinski definition) is 2. The van der Waals surface area contributed by atoms with Gasteiger partial charge in [-0.25, -0.2) is 9.97 Å². The Kier molecular flexibility index (Phi) is 2.09. The number of anilines is 1. The fraction of sp³-hybridized carbons (Fsp3) is 0.636. The molecule has 1 aromatic rings. The number of hydrogen-bond acceptors (Lipinski definition) is 4. The van der Waals surface area contributed by atoms with E-state index in [1.807, 2.05) is 0 Å². The predicted octanol–water partition coefficient (Wildman–Crippen LogP) is 0.867. The molecule has 0 spiro atoms. The largest absolute Gasteiger partial charge is 0.365 e. The quantitative estimate of drug-likeness (QED) is 0.750. The number of rotatable bonds is 2. The second-order valence-electron chi connectivity index (χ2n) is 4.51. The van der Waals surface area contributed by atoms with Crippen LogP contribution in [0.3, 0.4) is 0 Å². The van der Waals surface area contributed by atoms with E-state index in [1.54, 1.807) is 6.33 Å². The maximum atomic E-state index is 5.78. The van der Waals surface area contributed by atoms with Crippen LogP contribution in [0.1, 0.15) is 30.5 Å². The molecule has 1 fully saturated rings. The van der Waals surface area contributed by atoms with E-state index in [0.717, 1.165) is 25.1 Å². The SMILES string of the molecule is NC1CC1Nc1ncnc2c1CCCC2. The van der Waals surface area contributed by atoms with E-state index < -0.39 is 0 Å². The van der Waals surface area contributed by atoms with Gasteiger partial charge in [0.25, 0.3) is 0 Å². The van der Waals surface area contributed by atoms with Crippen molar-refractivity contribution in [1.82, 2.24) is 9.97 Å². The molecule has 4 heteroatoms. The molecule has 3 N–H and O–H groups in total. The Labute approximate surface area is 89.3 Å². The third kappa shape index (κ3) is 1.69. The first-order valence-corrected chi connectivity index (χ1v) is 5.69. The minimum atomic E-state index is 0.319. The van der Waals surface area contributed by atoms with Gasteiger partial charge in [0.15, 0.2) is 0 Å². The van der Waals surface area contributed by atoms with Gasteiger partial charge in [0, 0.05) is 23.3 Å². The van der Waals surface area contributed by atoms with Crippen LogP contribution in [0.25, 0.3) is 0 Å². The van der Waals surface area contributed by atoms with Gasteiger partial charge in [-0.1, -0.05) is 0 Å². The summed E-state index contributed by atoms with van der Waals surface area (Å²) in [5, 5.41) is 3.42. The van der Waals surface area contributed by atoms with E-state index in [9.17, 15) is 0 Å². The van der Waals surface area contributed by atoms with E-state index in [-0.39, 0.29) is 0 Å². The van der Waals surface area contributed by atoms with Crippen LogP contribution in [0.5, 0.6) is 0 Å². The van der Waals surface area contributed by atoms with Gasteiger partial charge < -0.3 is 11.1 Å². The summed E-state index contributed by atoms with van der Waals surface area (Å²) in [6, 6.07) is 0.755. The topological polar surface area (TPSA) is 63.8 Å². The summed E-state index contributed by atoms with van der Waals surface area (Å²) in [7, 11) is 0. The average molecular weight is 204 g/mol. The summed E-state index contributed by atoms with van der Waals surface area (Å²) < 4.78 is 0. The minimum Gasteiger partial charge on any atom is -0.365 e. The first-order valence-electron chi connectivity index (χ1n) is 5.69. The lowest BCUT2D eigenvalue weighted by atomic mass is 9.96. The highest BCUT2D eigenvalue weighted by molar-refractivity contribution is 5.49. The number of fused-ring (bicyclic) bond motifs is 1. The van der Waals surface area contributed by atoms with Crippen LogP contribution in [-0.4, -0.2) is 22.1 Å². The predicted molar refractivity (Wildman–Crippen MR) is 58.7 cm³/mol. The van der Waals surface area contributed by atoms with Crippen molar-refractivity contribution in [3.63, 3.8) is 0 Å². The molecule has 3 rings (SSSR count). The molecule has 4 nitrogen and oxygen atoms in total. The normalized spacial score (nSPS) is 28.3. The molecule has 0 aromatic carbocycles. The number of aromatic nitrogens is 2. The van der Waals surface area contributed by atoms with Gasteiger partial charge >= 0.3 is 0 Å². The van der Waals surface area contributed by atoms with E-state index in [1.165, 1.54) is 24.1 Å². The molecule has 2 aliphatic rings. The third-order valence-electron chi connectivity index (χ3n) is 3.29. The van der Waals surface area contributed by atoms with Crippen molar-refractivity contribution in [3.05, 3.63) is 17.6 Å². The fourth-order valence-electron chi connectivity index (χ4n) is 2.20. The maximum absolute atomic E-state index is 5.78. The molecule has 80 valence electrons. The summed E-state index contributed by atoms with van der Waals surface area (Å²) in [5.74, 6) is 1.03. The number of nitrogens with two attached hydrogens (primary N) is 1. The molecule has 2 atom stereocenters. The van der Waals surface area contributed by atoms with Gasteiger partial charge in [-0.2, -0.15) is 0 Å². The first-order chi connectivity index (χ1) is 7.34. The Morgan fingerprint density at radius 3 is 2.87 bits per heavy atom. The minimum absolute atomic E-state index is 0.319. The first kappa shape index (κ1) is 9.09. The molecule has 2 aliphatic carbocycles. The molecular weight excluding hydrogens is 188 g/mol. The zero-order valence-electron chi connectivity index (χ0n) is 8.74. The van der Waals surface area contributed by atoms with E-state index in [2.05, 4.69) is 15.3 Å². The Bertz CT molecular complexity index is 377. The highest BCUT2D eigenvalue weighted by Gasteiger charge is 2.34. The van der Waals surface area contributed by atoms with E-state index in [0.29, 0.717) is 12.1 Å². The zero-order valence-corrected chi connectivity index (χ0v) is 8.74. The molecule has 2 unspecified atom stereocenters. The van der Waals surface area contributed by atoms with Crippen molar-refractivity contribution in [2.45, 2.75) is 44.2 Å². The highest BCUT2D eigenvalue weighted by Crippen LogP contribution is 2.28. The van der Waals surface area contributed by atoms with Crippen LogP contribution in [0, 0.1) is 0 Å². The van der Waals surface area contributed by atoms with Crippen molar-refractivity contribution >= 4 is 5.82 Å². The van der Waals surface area contributed by atoms with Crippen molar-refractivity contribution in [2.24, 2.45) is 5.73 Å². The van der Waals surface area contributed by atoms with Crippen molar-refractivity contribution < 1.29 is 0 Å². The smallest absolute Gasteiger partial charge is 0.133 e. The van der Waals surface area contributed by atoms with Crippen molar-refractivity contribution in [2.75, 3.05) is 5.32 Å². The van der Waals surface area contributed by atoms with E-state index in [4.69, 9.17) is 5.73 Å². The van der Waals surface area contributed by atoms with Crippen LogP contribution in [0.2, 0.25) is 0 Å². The maximum Gasteiger partial charge on any atom is 0.133 e. The fourth-order valence-corrected chi connectivity index (χ4v) is 2.20. The van der Waals surface area contributed by atoms with Crippen LogP contribution in [0.4, 0.5) is 5.82 Å². The molecule has 1 saturated carbocycles. The molecule has 1 heterocycles. The number of nitrogens with one attached hydrogen (secondary N) is 1. The Hall–Kier alpha value is -1.16. The summed E-state index contributed by atoms with van der Waals surface area (Å²) in [5.41, 5.74) is 8.34. The highest BCUT2D eigenvalue weighted by atomic mass is 15.1. The van der Waals surface area contributed by atoms with Gasteiger partial charge in [-0.15, -0.1) is 0 Å². The number of nitrogens with zero attached hydrogens (tertiary/aromatic N) is 2. The lowest BCUT2D eigenvalue weighted by Gasteiger charge is -2.17. The summed E-state index contributed by atoms with van der Waals surface area (Å²) in [6.45, 7) is 0. The second-order valence-corrected chi connectivity index (χ2v) is 4.51. The van der Waals surface area contributed by atoms with Gasteiger partial charge in [0.05, 0.1) is 0 Å². The Morgan fingerprint density at radius 2 is 2.07 bits per heavy atom. The van der Waals surface area contributed by atoms with E-state index >= 15 is 0 Å². The molecule has 15 heavy (non-hydrogen) atoms. The van der Waals surface area contributed by atoms with Crippen LogP contribution >= 0.6 is 0 Å². The van der Waals surface area contributed by atoms with Crippen molar-refractivity contribution in [1.29, 1.82) is 0 Å². The third-order valence-corrected chi connectivity index (χ3v) is 3.29. The molecule has 0 saturated heterocycles. The summed E-state index contributed by atoms with van der Waals surface area (Å²) >= 11 is 0. The van der Waals surface area contributed by atoms with Crippen LogP contribution in [0.15, 0.2) is 6.33 Å². The van der Waals surface area contributed by atoms with Crippen molar-refractivity contribution in [3.8, 4) is 0 Å². The van der Waals surface area contributed by atoms with Gasteiger partial charge in [-0.3, -0.25) is 0 Å². The molecule has 0 radical (unpaired) electrons. The molecule has 0 aliphatic heterocycles. The number of aryl methyl sites for hydroxylation is 1. The van der Waals surface area contributed by atoms with Gasteiger partial charge in [0.1, 0.15) is 12.1 Å². The lowest BCUT2D eigenvalue weighted by Crippen LogP contribution is -2.17. The molecule has 0 amide bonds. The molecule has 0 bridgehead atoms. The monoisotopic (exact) mass is 204 g/mol. The van der Waals surface area contributed by atoms with Gasteiger partial charge in [0.2, 0.25) is 0 Å². The summed E-state index contributed by atoms with van der Waals surface area (Å²) in [6.07, 6.45) is 7.46. The second kappa shape index (κ2) is 3.45. The Morgan fingerprint density at radius 1 is 1.27 bits per heavy atom. The lowest BCUT2D eigenvalue weighted by molar-refractivity contribution is 0.663. The molecule has 1 aromatic heterocycles. The summed E-state index contributed by atoms with van der Waals surface area (Å²) in [4.78, 5) is 8.67.